The number of nitrogens with zero attached hydrogens (tertiary/aromatic N) is 4. The van der Waals surface area contributed by atoms with Crippen molar-refractivity contribution in [2.45, 2.75) is 12.5 Å². The van der Waals surface area contributed by atoms with Crippen LogP contribution in [-0.4, -0.2) is 52.7 Å². The molecule has 122 valence electrons. The summed E-state index contributed by atoms with van der Waals surface area (Å²) in [5.74, 6) is 0.796. The zero-order chi connectivity index (χ0) is 16.1. The van der Waals surface area contributed by atoms with Crippen LogP contribution in [0.3, 0.4) is 0 Å². The Morgan fingerprint density at radius 2 is 1.74 bits per heavy atom. The lowest BCUT2D eigenvalue weighted by Crippen LogP contribution is -2.47. The molecule has 1 atom stereocenters. The number of nitrogen functional groups attached to an aromatic ring is 1. The van der Waals surface area contributed by atoms with E-state index in [0.717, 1.165) is 44.2 Å². The molecule has 2 aromatic rings. The lowest BCUT2D eigenvalue weighted by molar-refractivity contribution is 0.140. The van der Waals surface area contributed by atoms with Gasteiger partial charge in [0.25, 0.3) is 0 Å². The third kappa shape index (κ3) is 3.97. The topological polar surface area (TPSA) is 78.5 Å². The average molecular weight is 313 g/mol. The van der Waals surface area contributed by atoms with Crippen LogP contribution < -0.4 is 10.6 Å². The van der Waals surface area contributed by atoms with E-state index in [0.29, 0.717) is 12.1 Å². The second kappa shape index (κ2) is 7.39. The highest BCUT2D eigenvalue weighted by Crippen LogP contribution is 2.23. The van der Waals surface area contributed by atoms with E-state index in [9.17, 15) is 5.11 Å². The fourth-order valence-corrected chi connectivity index (χ4v) is 2.90. The molecule has 2 heterocycles. The van der Waals surface area contributed by atoms with Gasteiger partial charge in [0.1, 0.15) is 0 Å². The van der Waals surface area contributed by atoms with Crippen LogP contribution in [0.5, 0.6) is 0 Å². The van der Waals surface area contributed by atoms with Crippen molar-refractivity contribution in [2.75, 3.05) is 43.4 Å². The monoisotopic (exact) mass is 313 g/mol. The number of benzene rings is 1. The molecule has 1 unspecified atom stereocenters. The van der Waals surface area contributed by atoms with Gasteiger partial charge in [-0.2, -0.15) is 0 Å². The number of anilines is 2. The first-order chi connectivity index (χ1) is 11.2. The van der Waals surface area contributed by atoms with Crippen LogP contribution in [0.2, 0.25) is 0 Å². The summed E-state index contributed by atoms with van der Waals surface area (Å²) in [4.78, 5) is 13.1. The predicted octanol–water partition coefficient (Wildman–Crippen LogP) is 1.30. The fourth-order valence-electron chi connectivity index (χ4n) is 2.90. The number of hydrogen-bond acceptors (Lipinski definition) is 6. The molecule has 0 amide bonds. The van der Waals surface area contributed by atoms with E-state index in [4.69, 9.17) is 5.73 Å². The van der Waals surface area contributed by atoms with Crippen LogP contribution in [0.4, 0.5) is 11.6 Å². The Morgan fingerprint density at radius 3 is 2.43 bits per heavy atom. The van der Waals surface area contributed by atoms with E-state index in [2.05, 4.69) is 19.8 Å². The van der Waals surface area contributed by atoms with E-state index in [-0.39, 0.29) is 0 Å². The van der Waals surface area contributed by atoms with Crippen molar-refractivity contribution in [1.29, 1.82) is 0 Å². The predicted molar refractivity (Wildman–Crippen MR) is 91.1 cm³/mol. The van der Waals surface area contributed by atoms with E-state index in [1.165, 1.54) is 0 Å². The molecule has 1 aliphatic rings. The first-order valence-electron chi connectivity index (χ1n) is 8.01. The summed E-state index contributed by atoms with van der Waals surface area (Å²) in [5.41, 5.74) is 7.40. The maximum absolute atomic E-state index is 10.3. The van der Waals surface area contributed by atoms with Gasteiger partial charge in [-0.3, -0.25) is 4.90 Å². The summed E-state index contributed by atoms with van der Waals surface area (Å²) in [6.45, 7) is 4.59. The molecule has 0 spiro atoms. The Morgan fingerprint density at radius 1 is 1.04 bits per heavy atom. The summed E-state index contributed by atoms with van der Waals surface area (Å²) in [6, 6.07) is 9.35. The van der Waals surface area contributed by atoms with Gasteiger partial charge < -0.3 is 15.7 Å². The number of hydrogen-bond donors (Lipinski definition) is 2. The number of nitrogens with two attached hydrogens (primary N) is 1. The maximum atomic E-state index is 10.3. The zero-order valence-electron chi connectivity index (χ0n) is 13.2. The van der Waals surface area contributed by atoms with Gasteiger partial charge in [0, 0.05) is 56.4 Å². The molecule has 1 aromatic carbocycles. The van der Waals surface area contributed by atoms with E-state index in [1.807, 2.05) is 30.3 Å². The molecule has 23 heavy (non-hydrogen) atoms. The lowest BCUT2D eigenvalue weighted by Gasteiger charge is -2.35. The van der Waals surface area contributed by atoms with Crippen molar-refractivity contribution in [3.8, 4) is 0 Å². The second-order valence-corrected chi connectivity index (χ2v) is 5.81. The molecule has 0 saturated carbocycles. The third-order valence-corrected chi connectivity index (χ3v) is 4.28. The summed E-state index contributed by atoms with van der Waals surface area (Å²) in [7, 11) is 0. The fraction of sp³-hybridized carbons (Fsp3) is 0.412. The van der Waals surface area contributed by atoms with Gasteiger partial charge in [-0.15, -0.1) is 0 Å². The Balaban J connectivity index is 1.47. The molecule has 1 saturated heterocycles. The summed E-state index contributed by atoms with van der Waals surface area (Å²) in [6.07, 6.45) is 3.73. The Labute approximate surface area is 136 Å². The Bertz CT molecular complexity index is 613. The molecular weight excluding hydrogens is 290 g/mol. The van der Waals surface area contributed by atoms with Gasteiger partial charge in [-0.05, 0) is 18.6 Å². The van der Waals surface area contributed by atoms with Crippen molar-refractivity contribution in [3.63, 3.8) is 0 Å². The number of piperazine rings is 1. The number of rotatable bonds is 5. The largest absolute Gasteiger partial charge is 0.398 e. The van der Waals surface area contributed by atoms with Crippen molar-refractivity contribution >= 4 is 11.6 Å². The number of aromatic nitrogens is 2. The minimum absolute atomic E-state index is 0.508. The van der Waals surface area contributed by atoms with Crippen molar-refractivity contribution in [3.05, 3.63) is 48.3 Å². The summed E-state index contributed by atoms with van der Waals surface area (Å²) in [5, 5.41) is 10.3. The van der Waals surface area contributed by atoms with Crippen molar-refractivity contribution in [2.24, 2.45) is 0 Å². The molecular formula is C17H23N5O. The van der Waals surface area contributed by atoms with Crippen LogP contribution in [0, 0.1) is 0 Å². The lowest BCUT2D eigenvalue weighted by atomic mass is 10.0. The van der Waals surface area contributed by atoms with Crippen LogP contribution in [0.15, 0.2) is 42.7 Å². The number of aliphatic hydroxyl groups is 1. The van der Waals surface area contributed by atoms with Crippen LogP contribution in [0.1, 0.15) is 18.1 Å². The Kier molecular flexibility index (Phi) is 5.05. The zero-order valence-corrected chi connectivity index (χ0v) is 13.2. The van der Waals surface area contributed by atoms with Gasteiger partial charge in [0.05, 0.1) is 6.10 Å². The van der Waals surface area contributed by atoms with Gasteiger partial charge in [0.15, 0.2) is 0 Å². The number of para-hydroxylation sites is 1. The molecule has 3 N–H and O–H groups in total. The molecule has 0 radical (unpaired) electrons. The van der Waals surface area contributed by atoms with Gasteiger partial charge in [-0.1, -0.05) is 18.2 Å². The van der Waals surface area contributed by atoms with E-state index < -0.39 is 6.10 Å². The second-order valence-electron chi connectivity index (χ2n) is 5.81. The molecule has 3 rings (SSSR count). The summed E-state index contributed by atoms with van der Waals surface area (Å²) >= 11 is 0. The molecule has 6 nitrogen and oxygen atoms in total. The standard InChI is InChI=1S/C17H23N5O/c18-15-5-2-1-4-14(15)16(23)6-9-21-10-12-22(13-11-21)17-19-7-3-8-20-17/h1-5,7-8,16,23H,6,9-13,18H2. The highest BCUT2D eigenvalue weighted by Gasteiger charge is 2.20. The van der Waals surface area contributed by atoms with Crippen molar-refractivity contribution < 1.29 is 5.11 Å². The smallest absolute Gasteiger partial charge is 0.225 e. The molecule has 1 aliphatic heterocycles. The Hall–Kier alpha value is -2.18. The van der Waals surface area contributed by atoms with Gasteiger partial charge in [-0.25, -0.2) is 9.97 Å². The minimum atomic E-state index is -0.508. The first-order valence-corrected chi connectivity index (χ1v) is 8.01. The van der Waals surface area contributed by atoms with Crippen LogP contribution in [-0.2, 0) is 0 Å². The van der Waals surface area contributed by atoms with E-state index in [1.54, 1.807) is 12.4 Å². The average Bonchev–Trinajstić information content (AvgIpc) is 2.61. The highest BCUT2D eigenvalue weighted by molar-refractivity contribution is 5.47. The number of aliphatic hydroxyl groups excluding tert-OH is 1. The van der Waals surface area contributed by atoms with Crippen LogP contribution >= 0.6 is 0 Å². The SMILES string of the molecule is Nc1ccccc1C(O)CCN1CCN(c2ncccn2)CC1. The molecule has 6 heteroatoms. The third-order valence-electron chi connectivity index (χ3n) is 4.28. The minimum Gasteiger partial charge on any atom is -0.398 e. The molecule has 1 fully saturated rings. The quantitative estimate of drug-likeness (QED) is 0.810. The molecule has 0 bridgehead atoms. The first kappa shape index (κ1) is 15.7. The molecule has 0 aliphatic carbocycles. The van der Waals surface area contributed by atoms with Crippen molar-refractivity contribution in [1.82, 2.24) is 14.9 Å². The van der Waals surface area contributed by atoms with Gasteiger partial charge >= 0.3 is 0 Å². The van der Waals surface area contributed by atoms with E-state index >= 15 is 0 Å². The van der Waals surface area contributed by atoms with Crippen LogP contribution in [0.25, 0.3) is 0 Å². The normalized spacial score (nSPS) is 17.2. The summed E-state index contributed by atoms with van der Waals surface area (Å²) < 4.78 is 0. The molecule has 1 aromatic heterocycles. The van der Waals surface area contributed by atoms with Gasteiger partial charge in [0.2, 0.25) is 5.95 Å². The highest BCUT2D eigenvalue weighted by atomic mass is 16.3. The maximum Gasteiger partial charge on any atom is 0.225 e.